The van der Waals surface area contributed by atoms with Gasteiger partial charge in [-0.3, -0.25) is 0 Å². The van der Waals surface area contributed by atoms with Gasteiger partial charge in [-0.1, -0.05) is 65.8 Å². The molecule has 0 atom stereocenters. The maximum absolute atomic E-state index is 2.73. The number of nitrogens with zero attached hydrogens (tertiary/aromatic N) is 1. The fraction of sp³-hybridized carbons (Fsp3) is 0.429. The Morgan fingerprint density at radius 1 is 0.833 bits per heavy atom. The number of benzene rings is 1. The van der Waals surface area contributed by atoms with Crippen molar-refractivity contribution < 1.29 is 0 Å². The van der Waals surface area contributed by atoms with E-state index in [9.17, 15) is 0 Å². The van der Waals surface area contributed by atoms with Gasteiger partial charge in [0.1, 0.15) is 0 Å². The van der Waals surface area contributed by atoms with E-state index in [-0.39, 0.29) is 0 Å². The summed E-state index contributed by atoms with van der Waals surface area (Å²) in [6.45, 7) is 14.6. The second kappa shape index (κ2) is 6.53. The van der Waals surface area contributed by atoms with Crippen molar-refractivity contribution in [2.24, 2.45) is 0 Å². The monoisotopic (exact) mass is 355 g/mol. The molecule has 3 aromatic rings. The van der Waals surface area contributed by atoms with Gasteiger partial charge in [-0.05, 0) is 34.1 Å². The number of fused-ring (bicyclic) bond motifs is 1. The van der Waals surface area contributed by atoms with Crippen LogP contribution in [0.5, 0.6) is 0 Å². The molecule has 0 fully saturated rings. The third kappa shape index (κ3) is 2.49. The van der Waals surface area contributed by atoms with Gasteiger partial charge in [-0.15, -0.1) is 11.3 Å². The maximum atomic E-state index is 2.73. The van der Waals surface area contributed by atoms with Crippen LogP contribution in [0, 0.1) is 0 Å². The topological polar surface area (TPSA) is 4.93 Å². The van der Waals surface area contributed by atoms with Crippen molar-refractivity contribution in [2.75, 3.05) is 0 Å². The molecule has 1 nitrogen and oxygen atoms in total. The number of hydrogen-bond donors (Lipinski definition) is 0. The van der Waals surface area contributed by atoms with Gasteiger partial charge in [-0.25, -0.2) is 0 Å². The van der Waals surface area contributed by atoms with Gasteiger partial charge in [0.15, 0.2) is 8.24 Å². The van der Waals surface area contributed by atoms with E-state index in [0.717, 1.165) is 0 Å². The van der Waals surface area contributed by atoms with Gasteiger partial charge in [0, 0.05) is 27.5 Å². The molecular formula is C21H29NSSi. The summed E-state index contributed by atoms with van der Waals surface area (Å²) in [6, 6.07) is 13.4. The van der Waals surface area contributed by atoms with E-state index in [0.29, 0.717) is 16.6 Å². The van der Waals surface area contributed by atoms with Crippen LogP contribution in [0.2, 0.25) is 16.6 Å². The Morgan fingerprint density at radius 2 is 1.46 bits per heavy atom. The molecule has 0 bridgehead atoms. The zero-order chi connectivity index (χ0) is 17.5. The van der Waals surface area contributed by atoms with Crippen molar-refractivity contribution in [1.82, 2.24) is 4.23 Å². The molecule has 2 aromatic heterocycles. The van der Waals surface area contributed by atoms with Crippen molar-refractivity contribution in [3.05, 3.63) is 48.0 Å². The Morgan fingerprint density at radius 3 is 2.00 bits per heavy atom. The van der Waals surface area contributed by atoms with Crippen molar-refractivity contribution in [3.63, 3.8) is 0 Å². The minimum atomic E-state index is -1.74. The molecular weight excluding hydrogens is 326 g/mol. The van der Waals surface area contributed by atoms with Gasteiger partial charge >= 0.3 is 0 Å². The SMILES string of the molecule is CC(C)[Si](C(C)C)(C(C)C)n1cc(-c2cccs2)c2ccccc21. The average Bonchev–Trinajstić information content (AvgIpc) is 3.15. The summed E-state index contributed by atoms with van der Waals surface area (Å²) < 4.78 is 2.73. The van der Waals surface area contributed by atoms with Crippen molar-refractivity contribution in [2.45, 2.75) is 58.2 Å². The maximum Gasteiger partial charge on any atom is 0.169 e. The number of aromatic nitrogens is 1. The van der Waals surface area contributed by atoms with Gasteiger partial charge in [0.25, 0.3) is 0 Å². The molecule has 3 heteroatoms. The van der Waals surface area contributed by atoms with E-state index >= 15 is 0 Å². The number of para-hydroxylation sites is 1. The highest BCUT2D eigenvalue weighted by Gasteiger charge is 2.46. The molecule has 2 heterocycles. The van der Waals surface area contributed by atoms with Crippen LogP contribution in [0.4, 0.5) is 0 Å². The first-order chi connectivity index (χ1) is 11.4. The number of rotatable bonds is 5. The first-order valence-corrected chi connectivity index (χ1v) is 12.1. The molecule has 0 saturated carbocycles. The highest BCUT2D eigenvalue weighted by atomic mass is 32.1. The van der Waals surface area contributed by atoms with Gasteiger partial charge in [-0.2, -0.15) is 0 Å². The summed E-state index contributed by atoms with van der Waals surface area (Å²) >= 11 is 1.84. The Hall–Kier alpha value is -1.32. The zero-order valence-corrected chi connectivity index (χ0v) is 17.5. The summed E-state index contributed by atoms with van der Waals surface area (Å²) in [4.78, 5) is 1.38. The number of thiophene rings is 1. The molecule has 0 saturated heterocycles. The summed E-state index contributed by atoms with van der Waals surface area (Å²) in [5.41, 5.74) is 4.92. The largest absolute Gasteiger partial charge is 0.373 e. The molecule has 0 amide bonds. The van der Waals surface area contributed by atoms with Gasteiger partial charge < -0.3 is 4.23 Å². The standard InChI is InChI=1S/C21H29NSSi/c1-15(2)24(16(3)4,17(5)6)22-14-19(21-12-9-13-23-21)18-10-7-8-11-20(18)22/h7-17H,1-6H3. The minimum Gasteiger partial charge on any atom is -0.373 e. The lowest BCUT2D eigenvalue weighted by molar-refractivity contribution is 0.773. The summed E-state index contributed by atoms with van der Waals surface area (Å²) in [7, 11) is -1.74. The molecule has 1 aromatic carbocycles. The van der Waals surface area contributed by atoms with Crippen LogP contribution in [0.1, 0.15) is 41.5 Å². The second-order valence-corrected chi connectivity index (χ2v) is 14.4. The Labute approximate surface area is 151 Å². The first kappa shape index (κ1) is 17.5. The highest BCUT2D eigenvalue weighted by Crippen LogP contribution is 2.46. The van der Waals surface area contributed by atoms with Crippen molar-refractivity contribution in [1.29, 1.82) is 0 Å². The highest BCUT2D eigenvalue weighted by molar-refractivity contribution is 7.13. The van der Waals surface area contributed by atoms with Gasteiger partial charge in [0.2, 0.25) is 0 Å². The fourth-order valence-corrected chi connectivity index (χ4v) is 12.3. The average molecular weight is 356 g/mol. The van der Waals surface area contributed by atoms with E-state index < -0.39 is 8.24 Å². The lowest BCUT2D eigenvalue weighted by Gasteiger charge is -2.44. The van der Waals surface area contributed by atoms with Crippen LogP contribution in [-0.2, 0) is 0 Å². The normalized spacial score (nSPS) is 12.9. The first-order valence-electron chi connectivity index (χ1n) is 9.05. The van der Waals surface area contributed by atoms with E-state index in [1.807, 2.05) is 11.3 Å². The molecule has 3 rings (SSSR count). The minimum absolute atomic E-state index is 0.699. The van der Waals surface area contributed by atoms with Crippen LogP contribution in [0.25, 0.3) is 21.3 Å². The molecule has 0 spiro atoms. The van der Waals surface area contributed by atoms with Crippen LogP contribution in [-0.4, -0.2) is 12.5 Å². The summed E-state index contributed by atoms with van der Waals surface area (Å²) in [5.74, 6) is 0. The van der Waals surface area contributed by atoms with E-state index in [1.54, 1.807) is 0 Å². The molecule has 0 N–H and O–H groups in total. The summed E-state index contributed by atoms with van der Waals surface area (Å²) in [6.07, 6.45) is 2.47. The predicted molar refractivity (Wildman–Crippen MR) is 112 cm³/mol. The van der Waals surface area contributed by atoms with Crippen molar-refractivity contribution >= 4 is 30.5 Å². The number of hydrogen-bond acceptors (Lipinski definition) is 1. The van der Waals surface area contributed by atoms with E-state index in [4.69, 9.17) is 0 Å². The quantitative estimate of drug-likeness (QED) is 0.420. The Kier molecular flexibility index (Phi) is 4.76. The predicted octanol–water partition coefficient (Wildman–Crippen LogP) is 7.39. The molecule has 0 aliphatic carbocycles. The lowest BCUT2D eigenvalue weighted by Crippen LogP contribution is -2.51. The van der Waals surface area contributed by atoms with Crippen LogP contribution in [0.3, 0.4) is 0 Å². The van der Waals surface area contributed by atoms with Gasteiger partial charge in [0.05, 0.1) is 0 Å². The zero-order valence-electron chi connectivity index (χ0n) is 15.7. The van der Waals surface area contributed by atoms with E-state index in [2.05, 4.69) is 93.8 Å². The molecule has 0 unspecified atom stereocenters. The van der Waals surface area contributed by atoms with Crippen LogP contribution in [0.15, 0.2) is 48.0 Å². The van der Waals surface area contributed by atoms with Crippen LogP contribution >= 0.6 is 11.3 Å². The van der Waals surface area contributed by atoms with E-state index in [1.165, 1.54) is 21.3 Å². The molecule has 128 valence electrons. The van der Waals surface area contributed by atoms with Crippen molar-refractivity contribution in [3.8, 4) is 10.4 Å². The molecule has 24 heavy (non-hydrogen) atoms. The third-order valence-corrected chi connectivity index (χ3v) is 13.3. The van der Waals surface area contributed by atoms with Crippen LogP contribution < -0.4 is 0 Å². The summed E-state index contributed by atoms with van der Waals surface area (Å²) in [5, 5.41) is 3.58. The Balaban J connectivity index is 2.37. The third-order valence-electron chi connectivity index (χ3n) is 5.69. The lowest BCUT2D eigenvalue weighted by atomic mass is 10.1. The molecule has 0 aliphatic heterocycles. The Bertz CT molecular complexity index is 790. The molecule has 0 radical (unpaired) electrons. The fourth-order valence-electron chi connectivity index (χ4n) is 4.96. The smallest absolute Gasteiger partial charge is 0.169 e. The second-order valence-electron chi connectivity index (χ2n) is 7.76. The molecule has 0 aliphatic rings.